The molecule has 1 atom stereocenters. The average molecular weight is 356 g/mol. The van der Waals surface area contributed by atoms with Gasteiger partial charge in [0.1, 0.15) is 11.8 Å². The molecule has 0 saturated carbocycles. The fourth-order valence-corrected chi connectivity index (χ4v) is 3.50. The van der Waals surface area contributed by atoms with Crippen LogP contribution in [0.5, 0.6) is 0 Å². The van der Waals surface area contributed by atoms with Crippen molar-refractivity contribution in [3.05, 3.63) is 69.7 Å². The van der Waals surface area contributed by atoms with E-state index in [1.165, 1.54) is 12.1 Å². The van der Waals surface area contributed by atoms with Crippen LogP contribution in [0.3, 0.4) is 0 Å². The molecule has 0 amide bonds. The molecule has 6 nitrogen and oxygen atoms in total. The van der Waals surface area contributed by atoms with Gasteiger partial charge in [-0.25, -0.2) is 0 Å². The molecule has 0 N–H and O–H groups in total. The Bertz CT molecular complexity index is 828. The van der Waals surface area contributed by atoms with E-state index < -0.39 is 18.8 Å². The molecule has 1 unspecified atom stereocenters. The fourth-order valence-electron chi connectivity index (χ4n) is 2.32. The van der Waals surface area contributed by atoms with Crippen molar-refractivity contribution >= 4 is 20.1 Å². The maximum Gasteiger partial charge on any atom is 0.269 e. The molecule has 0 saturated heterocycles. The summed E-state index contributed by atoms with van der Waals surface area (Å²) in [6.07, 6.45) is 3.36. The van der Waals surface area contributed by atoms with Gasteiger partial charge in [-0.15, -0.1) is 0 Å². The number of furan rings is 1. The van der Waals surface area contributed by atoms with E-state index in [1.54, 1.807) is 43.3 Å². The van der Waals surface area contributed by atoms with Crippen LogP contribution in [0.25, 0.3) is 6.08 Å². The number of benzene rings is 1. The van der Waals surface area contributed by atoms with Crippen LogP contribution in [0, 0.1) is 28.4 Å². The Morgan fingerprint density at radius 1 is 1.24 bits per heavy atom. The van der Waals surface area contributed by atoms with Gasteiger partial charge in [0, 0.05) is 12.1 Å². The number of hydrogen-bond donors (Lipinski definition) is 0. The van der Waals surface area contributed by atoms with E-state index in [2.05, 4.69) is 6.07 Å². The summed E-state index contributed by atoms with van der Waals surface area (Å²) in [5.74, 6) is 1.12. The minimum atomic E-state index is -2.07. The largest absolute Gasteiger partial charge is 0.462 e. The van der Waals surface area contributed by atoms with Crippen molar-refractivity contribution in [3.63, 3.8) is 0 Å². The second kappa shape index (κ2) is 7.05. The minimum Gasteiger partial charge on any atom is -0.462 e. The molecule has 0 bridgehead atoms. The Morgan fingerprint density at radius 2 is 1.88 bits per heavy atom. The third-order valence-corrected chi connectivity index (χ3v) is 4.29. The van der Waals surface area contributed by atoms with Gasteiger partial charge in [0.15, 0.2) is 14.1 Å². The quantitative estimate of drug-likeness (QED) is 0.422. The van der Waals surface area contributed by atoms with Crippen molar-refractivity contribution in [3.8, 4) is 6.07 Å². The number of aryl methyl sites for hydroxylation is 1. The van der Waals surface area contributed by atoms with Gasteiger partial charge >= 0.3 is 0 Å². The van der Waals surface area contributed by atoms with Gasteiger partial charge in [-0.3, -0.25) is 10.1 Å². The van der Waals surface area contributed by atoms with Crippen molar-refractivity contribution in [1.82, 2.24) is 0 Å². The molecule has 1 aromatic heterocycles. The zero-order chi connectivity index (χ0) is 18.7. The Labute approximate surface area is 147 Å². The number of nitro groups is 1. The highest BCUT2D eigenvalue weighted by Crippen LogP contribution is 2.33. The van der Waals surface area contributed by atoms with Crippen LogP contribution >= 0.6 is 0 Å². The van der Waals surface area contributed by atoms with Crippen molar-refractivity contribution in [2.75, 3.05) is 0 Å². The summed E-state index contributed by atoms with van der Waals surface area (Å²) in [7, 11) is -2.07. The van der Waals surface area contributed by atoms with Crippen LogP contribution in [0.1, 0.15) is 17.1 Å². The third kappa shape index (κ3) is 4.65. The lowest BCUT2D eigenvalue weighted by molar-refractivity contribution is -0.384. The van der Waals surface area contributed by atoms with Gasteiger partial charge in [-0.05, 0) is 62.5 Å². The minimum absolute atomic E-state index is 0.0173. The maximum absolute atomic E-state index is 10.7. The summed E-state index contributed by atoms with van der Waals surface area (Å²) in [4.78, 5) is 10.3. The van der Waals surface area contributed by atoms with E-state index in [0.717, 1.165) is 5.56 Å². The first-order valence-corrected chi connectivity index (χ1v) is 11.2. The average Bonchev–Trinajstić information content (AvgIpc) is 2.98. The van der Waals surface area contributed by atoms with Gasteiger partial charge < -0.3 is 8.84 Å². The SMILES string of the molecule is Cc1ccc(C(C#N)(/C=C/c2ccc([N+](=O)[O-])cc2)O[Si](C)(C)C)o1. The van der Waals surface area contributed by atoms with Crippen LogP contribution in [0.4, 0.5) is 5.69 Å². The van der Waals surface area contributed by atoms with Crippen molar-refractivity contribution in [2.45, 2.75) is 32.2 Å². The zero-order valence-corrected chi connectivity index (χ0v) is 15.6. The third-order valence-electron chi connectivity index (χ3n) is 3.35. The standard InChI is InChI=1S/C18H20N2O4Si/c1-14-5-10-17(23-14)18(13-19,24-25(2,3)4)12-11-15-6-8-16(9-7-15)20(21)22/h5-12H,1-4H3/b12-11+. The lowest BCUT2D eigenvalue weighted by Crippen LogP contribution is -2.38. The molecule has 130 valence electrons. The topological polar surface area (TPSA) is 89.3 Å². The van der Waals surface area contributed by atoms with Gasteiger partial charge in [0.25, 0.3) is 5.69 Å². The van der Waals surface area contributed by atoms with Crippen LogP contribution < -0.4 is 0 Å². The molecule has 7 heteroatoms. The van der Waals surface area contributed by atoms with E-state index in [9.17, 15) is 15.4 Å². The van der Waals surface area contributed by atoms with Crippen molar-refractivity contribution in [2.24, 2.45) is 0 Å². The number of nitrogens with zero attached hydrogens (tertiary/aromatic N) is 2. The van der Waals surface area contributed by atoms with Crippen LogP contribution in [0.2, 0.25) is 19.6 Å². The monoisotopic (exact) mass is 356 g/mol. The number of nitriles is 1. The molecule has 1 heterocycles. The number of non-ortho nitro benzene ring substituents is 1. The van der Waals surface area contributed by atoms with E-state index in [4.69, 9.17) is 8.84 Å². The van der Waals surface area contributed by atoms with Gasteiger partial charge in [0.05, 0.1) is 4.92 Å². The number of hydrogen-bond acceptors (Lipinski definition) is 5. The molecule has 0 aliphatic carbocycles. The van der Waals surface area contributed by atoms with E-state index in [0.29, 0.717) is 11.5 Å². The molecular formula is C18H20N2O4Si. The molecule has 2 aromatic rings. The van der Waals surface area contributed by atoms with Crippen LogP contribution in [-0.2, 0) is 10.0 Å². The second-order valence-electron chi connectivity index (χ2n) is 6.65. The predicted molar refractivity (Wildman–Crippen MR) is 97.3 cm³/mol. The van der Waals surface area contributed by atoms with Gasteiger partial charge in [-0.2, -0.15) is 5.26 Å². The fraction of sp³-hybridized carbons (Fsp3) is 0.278. The highest BCUT2D eigenvalue weighted by atomic mass is 28.4. The lowest BCUT2D eigenvalue weighted by Gasteiger charge is -2.29. The van der Waals surface area contributed by atoms with E-state index in [-0.39, 0.29) is 5.69 Å². The summed E-state index contributed by atoms with van der Waals surface area (Å²) in [6.45, 7) is 7.79. The molecule has 0 aliphatic heterocycles. The van der Waals surface area contributed by atoms with Crippen LogP contribution in [0.15, 0.2) is 46.9 Å². The molecule has 25 heavy (non-hydrogen) atoms. The summed E-state index contributed by atoms with van der Waals surface area (Å²) < 4.78 is 11.8. The summed E-state index contributed by atoms with van der Waals surface area (Å²) in [6, 6.07) is 11.8. The molecule has 2 rings (SSSR count). The molecule has 0 fully saturated rings. The van der Waals surface area contributed by atoms with Gasteiger partial charge in [-0.1, -0.05) is 6.08 Å². The normalized spacial score (nSPS) is 14.2. The van der Waals surface area contributed by atoms with E-state index in [1.807, 2.05) is 19.6 Å². The molecule has 0 radical (unpaired) electrons. The first-order chi connectivity index (χ1) is 11.6. The lowest BCUT2D eigenvalue weighted by atomic mass is 10.0. The molecule has 0 spiro atoms. The van der Waals surface area contributed by atoms with Crippen molar-refractivity contribution in [1.29, 1.82) is 5.26 Å². The Morgan fingerprint density at radius 3 is 2.32 bits per heavy atom. The first kappa shape index (κ1) is 18.6. The smallest absolute Gasteiger partial charge is 0.269 e. The second-order valence-corrected chi connectivity index (χ2v) is 11.1. The van der Waals surface area contributed by atoms with Crippen molar-refractivity contribution < 1.29 is 13.8 Å². The summed E-state index contributed by atoms with van der Waals surface area (Å²) in [5.41, 5.74) is -0.586. The first-order valence-electron chi connectivity index (χ1n) is 7.77. The molecule has 0 aliphatic rings. The maximum atomic E-state index is 10.7. The highest BCUT2D eigenvalue weighted by molar-refractivity contribution is 6.69. The Hall–Kier alpha value is -2.69. The Kier molecular flexibility index (Phi) is 5.26. The molecular weight excluding hydrogens is 336 g/mol. The van der Waals surface area contributed by atoms with Gasteiger partial charge in [0.2, 0.25) is 5.60 Å². The summed E-state index contributed by atoms with van der Waals surface area (Å²) >= 11 is 0. The van der Waals surface area contributed by atoms with Crippen LogP contribution in [-0.4, -0.2) is 13.2 Å². The number of nitro benzene ring substituents is 1. The summed E-state index contributed by atoms with van der Waals surface area (Å²) in [5, 5.41) is 20.6. The zero-order valence-electron chi connectivity index (χ0n) is 14.6. The molecule has 1 aromatic carbocycles. The predicted octanol–water partition coefficient (Wildman–Crippen LogP) is 4.78. The Balaban J connectivity index is 2.42. The number of rotatable bonds is 6. The van der Waals surface area contributed by atoms with E-state index >= 15 is 0 Å². The highest BCUT2D eigenvalue weighted by Gasteiger charge is 2.38.